The van der Waals surface area contributed by atoms with Crippen LogP contribution >= 0.6 is 11.8 Å². The molecule has 136 valence electrons. The minimum atomic E-state index is 0.552. The first kappa shape index (κ1) is 18.0. The van der Waals surface area contributed by atoms with Crippen molar-refractivity contribution in [3.05, 3.63) is 30.2 Å². The van der Waals surface area contributed by atoms with Gasteiger partial charge in [-0.1, -0.05) is 6.07 Å². The van der Waals surface area contributed by atoms with E-state index in [1.165, 1.54) is 19.3 Å². The van der Waals surface area contributed by atoms with Gasteiger partial charge in [-0.25, -0.2) is 0 Å². The summed E-state index contributed by atoms with van der Waals surface area (Å²) in [6, 6.07) is 6.52. The topological polar surface area (TPSA) is 66.6 Å². The molecule has 0 aliphatic heterocycles. The van der Waals surface area contributed by atoms with E-state index in [-0.39, 0.29) is 0 Å². The van der Waals surface area contributed by atoms with Gasteiger partial charge in [-0.2, -0.15) is 11.8 Å². The molecule has 1 saturated carbocycles. The van der Waals surface area contributed by atoms with Gasteiger partial charge in [0, 0.05) is 37.0 Å². The summed E-state index contributed by atoms with van der Waals surface area (Å²) >= 11 is 1.98. The van der Waals surface area contributed by atoms with Crippen LogP contribution in [0.15, 0.2) is 29.4 Å². The number of nitrogens with one attached hydrogen (secondary N) is 2. The van der Waals surface area contributed by atoms with Gasteiger partial charge in [0.1, 0.15) is 5.82 Å². The highest BCUT2D eigenvalue weighted by atomic mass is 32.2. The maximum Gasteiger partial charge on any atom is 0.191 e. The van der Waals surface area contributed by atoms with E-state index in [2.05, 4.69) is 34.0 Å². The number of nitrogens with zero attached hydrogens (tertiary/aromatic N) is 4. The molecule has 0 saturated heterocycles. The molecule has 0 amide bonds. The largest absolute Gasteiger partial charge is 0.357 e. The molecule has 2 aromatic heterocycles. The first-order valence-electron chi connectivity index (χ1n) is 9.16. The number of aromatic nitrogens is 3. The van der Waals surface area contributed by atoms with Crippen LogP contribution in [0.3, 0.4) is 0 Å². The van der Waals surface area contributed by atoms with Gasteiger partial charge >= 0.3 is 0 Å². The first-order valence-corrected chi connectivity index (χ1v) is 10.4. The molecule has 0 spiro atoms. The maximum atomic E-state index is 4.74. The molecule has 1 aliphatic carbocycles. The average molecular weight is 361 g/mol. The number of rotatable bonds is 7. The van der Waals surface area contributed by atoms with Crippen LogP contribution in [-0.2, 0) is 6.42 Å². The van der Waals surface area contributed by atoms with E-state index in [4.69, 9.17) is 4.99 Å². The van der Waals surface area contributed by atoms with Crippen molar-refractivity contribution in [2.45, 2.75) is 50.3 Å². The van der Waals surface area contributed by atoms with Crippen LogP contribution in [0.1, 0.15) is 38.4 Å². The van der Waals surface area contributed by atoms with E-state index >= 15 is 0 Å². The van der Waals surface area contributed by atoms with E-state index in [0.29, 0.717) is 6.04 Å². The Balaban J connectivity index is 1.50. The number of fused-ring (bicyclic) bond motifs is 1. The summed E-state index contributed by atoms with van der Waals surface area (Å²) < 4.78 is 2.05. The summed E-state index contributed by atoms with van der Waals surface area (Å²) in [4.78, 5) is 4.74. The minimum absolute atomic E-state index is 0.552. The molecule has 2 aromatic rings. The van der Waals surface area contributed by atoms with Gasteiger partial charge in [0.05, 0.1) is 0 Å². The lowest BCUT2D eigenvalue weighted by atomic mass is 10.2. The predicted molar refractivity (Wildman–Crippen MR) is 105 cm³/mol. The molecule has 0 radical (unpaired) electrons. The van der Waals surface area contributed by atoms with Crippen molar-refractivity contribution in [3.63, 3.8) is 0 Å². The molecule has 3 rings (SSSR count). The van der Waals surface area contributed by atoms with Gasteiger partial charge in [0.15, 0.2) is 11.6 Å². The minimum Gasteiger partial charge on any atom is -0.357 e. The van der Waals surface area contributed by atoms with Crippen LogP contribution in [0.4, 0.5) is 0 Å². The number of thioether (sulfide) groups is 1. The molecule has 2 N–H and O–H groups in total. The fourth-order valence-electron chi connectivity index (χ4n) is 3.29. The normalized spacial score (nSPS) is 21.0. The molecule has 2 heterocycles. The second-order valence-electron chi connectivity index (χ2n) is 6.42. The molecule has 1 aliphatic rings. The van der Waals surface area contributed by atoms with Gasteiger partial charge in [-0.3, -0.25) is 9.39 Å². The van der Waals surface area contributed by atoms with Crippen LogP contribution in [-0.4, -0.2) is 51.2 Å². The lowest BCUT2D eigenvalue weighted by Gasteiger charge is -2.17. The van der Waals surface area contributed by atoms with Gasteiger partial charge < -0.3 is 10.6 Å². The number of aliphatic imine (C=N–C) groups is 1. The van der Waals surface area contributed by atoms with Crippen LogP contribution in [0.5, 0.6) is 0 Å². The van der Waals surface area contributed by atoms with Crippen molar-refractivity contribution in [2.75, 3.05) is 19.3 Å². The van der Waals surface area contributed by atoms with Crippen LogP contribution in [0.2, 0.25) is 0 Å². The highest BCUT2D eigenvalue weighted by molar-refractivity contribution is 7.99. The van der Waals surface area contributed by atoms with Crippen molar-refractivity contribution in [1.82, 2.24) is 25.2 Å². The number of hydrogen-bond donors (Lipinski definition) is 2. The monoisotopic (exact) mass is 360 g/mol. The molecule has 2 unspecified atom stereocenters. The summed E-state index contributed by atoms with van der Waals surface area (Å²) in [6.45, 7) is 3.79. The lowest BCUT2D eigenvalue weighted by molar-refractivity contribution is 0.613. The van der Waals surface area contributed by atoms with Crippen LogP contribution < -0.4 is 10.6 Å². The number of aryl methyl sites for hydroxylation is 1. The summed E-state index contributed by atoms with van der Waals surface area (Å²) in [5.41, 5.74) is 0.903. The van der Waals surface area contributed by atoms with Crippen molar-refractivity contribution in [2.24, 2.45) is 4.99 Å². The molecule has 25 heavy (non-hydrogen) atoms. The third-order valence-electron chi connectivity index (χ3n) is 4.62. The van der Waals surface area contributed by atoms with Gasteiger partial charge in [0.2, 0.25) is 0 Å². The van der Waals surface area contributed by atoms with E-state index in [9.17, 15) is 0 Å². The van der Waals surface area contributed by atoms with E-state index in [0.717, 1.165) is 48.6 Å². The first-order chi connectivity index (χ1) is 12.3. The number of pyridine rings is 1. The Morgan fingerprint density at radius 3 is 3.08 bits per heavy atom. The molecule has 0 aromatic carbocycles. The Hall–Kier alpha value is -1.76. The average Bonchev–Trinajstić information content (AvgIpc) is 3.25. The van der Waals surface area contributed by atoms with Crippen LogP contribution in [0, 0.1) is 0 Å². The Labute approximate surface area is 153 Å². The third-order valence-corrected chi connectivity index (χ3v) is 5.71. The Morgan fingerprint density at radius 1 is 1.36 bits per heavy atom. The second-order valence-corrected chi connectivity index (χ2v) is 7.56. The number of guanidine groups is 1. The highest BCUT2D eigenvalue weighted by Gasteiger charge is 2.24. The van der Waals surface area contributed by atoms with Crippen molar-refractivity contribution >= 4 is 23.4 Å². The molecule has 0 bridgehead atoms. The van der Waals surface area contributed by atoms with Crippen molar-refractivity contribution in [3.8, 4) is 0 Å². The fourth-order valence-corrected chi connectivity index (χ4v) is 4.08. The Morgan fingerprint density at radius 2 is 2.28 bits per heavy atom. The lowest BCUT2D eigenvalue weighted by Crippen LogP contribution is -2.42. The third kappa shape index (κ3) is 4.87. The SMILES string of the molecule is CCNC(=NCCCc1nnc2ccccn12)NC1CCC(SC)C1. The molecule has 1 fully saturated rings. The zero-order valence-electron chi connectivity index (χ0n) is 15.1. The number of hydrogen-bond acceptors (Lipinski definition) is 4. The summed E-state index contributed by atoms with van der Waals surface area (Å²) in [6.07, 6.45) is 9.84. The molecular formula is C18H28N6S. The molecule has 7 heteroatoms. The standard InChI is InChI=1S/C18H28N6S/c1-3-19-18(21-14-9-10-15(13-14)25-2)20-11-6-8-17-23-22-16-7-4-5-12-24(16)17/h4-5,7,12,14-15H,3,6,8-11,13H2,1-2H3,(H2,19,20,21). The van der Waals surface area contributed by atoms with Crippen molar-refractivity contribution < 1.29 is 0 Å². The fraction of sp³-hybridized carbons (Fsp3) is 0.611. The van der Waals surface area contributed by atoms with E-state index in [1.54, 1.807) is 0 Å². The smallest absolute Gasteiger partial charge is 0.191 e. The van der Waals surface area contributed by atoms with E-state index in [1.807, 2.05) is 40.6 Å². The highest BCUT2D eigenvalue weighted by Crippen LogP contribution is 2.27. The predicted octanol–water partition coefficient (Wildman–Crippen LogP) is 2.50. The zero-order chi connectivity index (χ0) is 17.5. The summed E-state index contributed by atoms with van der Waals surface area (Å²) in [5.74, 6) is 1.95. The van der Waals surface area contributed by atoms with Gasteiger partial charge in [-0.05, 0) is 51.0 Å². The Bertz CT molecular complexity index is 698. The Kier molecular flexibility index (Phi) is 6.55. The molecule has 6 nitrogen and oxygen atoms in total. The van der Waals surface area contributed by atoms with Crippen LogP contribution in [0.25, 0.3) is 5.65 Å². The van der Waals surface area contributed by atoms with E-state index < -0.39 is 0 Å². The summed E-state index contributed by atoms with van der Waals surface area (Å²) in [5, 5.41) is 16.2. The maximum absolute atomic E-state index is 4.74. The summed E-state index contributed by atoms with van der Waals surface area (Å²) in [7, 11) is 0. The zero-order valence-corrected chi connectivity index (χ0v) is 15.9. The van der Waals surface area contributed by atoms with Gasteiger partial charge in [0.25, 0.3) is 0 Å². The molecular weight excluding hydrogens is 332 g/mol. The second kappa shape index (κ2) is 9.08. The molecule has 2 atom stereocenters. The quantitative estimate of drug-likeness (QED) is 0.451. The van der Waals surface area contributed by atoms with Gasteiger partial charge in [-0.15, -0.1) is 10.2 Å². The van der Waals surface area contributed by atoms with Crippen molar-refractivity contribution in [1.29, 1.82) is 0 Å².